The van der Waals surface area contributed by atoms with Gasteiger partial charge in [0.15, 0.2) is 5.82 Å². The Balaban J connectivity index is 1.44. The Morgan fingerprint density at radius 2 is 1.75 bits per heavy atom. The van der Waals surface area contributed by atoms with E-state index < -0.39 is 0 Å². The van der Waals surface area contributed by atoms with E-state index in [-0.39, 0.29) is 0 Å². The van der Waals surface area contributed by atoms with Crippen molar-refractivity contribution in [1.29, 1.82) is 0 Å². The average molecular weight is 397 g/mol. The normalized spacial score (nSPS) is 13.4. The van der Waals surface area contributed by atoms with Gasteiger partial charge in [0.1, 0.15) is 5.75 Å². The minimum atomic E-state index is 0.415. The van der Waals surface area contributed by atoms with E-state index in [4.69, 9.17) is 16.3 Å². The maximum Gasteiger partial charge on any atom is 0.249 e. The van der Waals surface area contributed by atoms with Crippen LogP contribution >= 0.6 is 11.6 Å². The van der Waals surface area contributed by atoms with Crippen molar-refractivity contribution < 1.29 is 4.74 Å². The Morgan fingerprint density at radius 1 is 1.00 bits per heavy atom. The minimum Gasteiger partial charge on any atom is -0.495 e. The maximum atomic E-state index is 6.16. The first-order valence-electron chi connectivity index (χ1n) is 9.13. The molecule has 144 valence electrons. The number of aromatic nitrogens is 3. The van der Waals surface area contributed by atoms with Gasteiger partial charge in [0.05, 0.1) is 18.3 Å². The highest BCUT2D eigenvalue weighted by Crippen LogP contribution is 2.28. The summed E-state index contributed by atoms with van der Waals surface area (Å²) >= 11 is 6.16. The van der Waals surface area contributed by atoms with Gasteiger partial charge in [-0.2, -0.15) is 10.1 Å². The van der Waals surface area contributed by atoms with Crippen molar-refractivity contribution in [3.05, 3.63) is 53.7 Å². The molecule has 3 aromatic rings. The van der Waals surface area contributed by atoms with E-state index in [1.807, 2.05) is 18.2 Å². The van der Waals surface area contributed by atoms with Crippen LogP contribution in [0.5, 0.6) is 5.75 Å². The van der Waals surface area contributed by atoms with Crippen molar-refractivity contribution in [3.8, 4) is 5.75 Å². The van der Waals surface area contributed by atoms with Crippen molar-refractivity contribution in [3.63, 3.8) is 0 Å². The van der Waals surface area contributed by atoms with Crippen LogP contribution in [-0.2, 0) is 0 Å². The second kappa shape index (κ2) is 8.31. The summed E-state index contributed by atoms with van der Waals surface area (Å²) in [5.74, 6) is 1.60. The third-order valence-corrected chi connectivity index (χ3v) is 4.87. The molecule has 2 aromatic carbocycles. The highest BCUT2D eigenvalue weighted by atomic mass is 35.5. The Kier molecular flexibility index (Phi) is 5.43. The van der Waals surface area contributed by atoms with E-state index in [1.165, 1.54) is 18.5 Å². The first-order valence-corrected chi connectivity index (χ1v) is 9.51. The average Bonchev–Trinajstić information content (AvgIpc) is 3.24. The Morgan fingerprint density at radius 3 is 2.46 bits per heavy atom. The van der Waals surface area contributed by atoms with Crippen LogP contribution in [0, 0.1) is 0 Å². The Labute approximate surface area is 168 Å². The summed E-state index contributed by atoms with van der Waals surface area (Å²) in [6.07, 6.45) is 4.08. The molecule has 0 atom stereocenters. The lowest BCUT2D eigenvalue weighted by Gasteiger charge is -2.17. The molecule has 0 aliphatic carbocycles. The first kappa shape index (κ1) is 18.3. The molecule has 0 spiro atoms. The summed E-state index contributed by atoms with van der Waals surface area (Å²) in [6, 6.07) is 13.7. The number of ether oxygens (including phenoxy) is 1. The monoisotopic (exact) mass is 396 g/mol. The molecule has 7 nitrogen and oxygen atoms in total. The van der Waals surface area contributed by atoms with Gasteiger partial charge in [-0.05, 0) is 55.3 Å². The van der Waals surface area contributed by atoms with Gasteiger partial charge in [0, 0.05) is 30.2 Å². The quantitative estimate of drug-likeness (QED) is 0.629. The molecule has 8 heteroatoms. The molecular formula is C20H21ClN6O. The number of halogens is 1. The highest BCUT2D eigenvalue weighted by molar-refractivity contribution is 6.32. The molecule has 1 aliphatic heterocycles. The van der Waals surface area contributed by atoms with Crippen molar-refractivity contribution in [2.24, 2.45) is 0 Å². The van der Waals surface area contributed by atoms with Crippen LogP contribution in [0.25, 0.3) is 0 Å². The van der Waals surface area contributed by atoms with Gasteiger partial charge in [0.25, 0.3) is 0 Å². The van der Waals surface area contributed by atoms with Crippen LogP contribution in [0.4, 0.5) is 28.8 Å². The van der Waals surface area contributed by atoms with Gasteiger partial charge in [0.2, 0.25) is 5.95 Å². The van der Waals surface area contributed by atoms with Crippen molar-refractivity contribution in [1.82, 2.24) is 15.2 Å². The van der Waals surface area contributed by atoms with Crippen LogP contribution in [0.2, 0.25) is 5.02 Å². The zero-order chi connectivity index (χ0) is 19.3. The zero-order valence-corrected chi connectivity index (χ0v) is 16.3. The number of anilines is 5. The molecule has 0 bridgehead atoms. The minimum absolute atomic E-state index is 0.415. The molecule has 1 aromatic heterocycles. The second-order valence-electron chi connectivity index (χ2n) is 6.51. The molecule has 0 saturated carbocycles. The highest BCUT2D eigenvalue weighted by Gasteiger charge is 2.12. The lowest BCUT2D eigenvalue weighted by molar-refractivity contribution is 0.415. The number of methoxy groups -OCH3 is 1. The smallest absolute Gasteiger partial charge is 0.249 e. The summed E-state index contributed by atoms with van der Waals surface area (Å²) in [6.45, 7) is 2.26. The van der Waals surface area contributed by atoms with Gasteiger partial charge in [-0.15, -0.1) is 5.10 Å². The Hall–Kier alpha value is -3.06. The summed E-state index contributed by atoms with van der Waals surface area (Å²) in [5.41, 5.74) is 2.94. The van der Waals surface area contributed by atoms with Crippen LogP contribution < -0.4 is 20.3 Å². The van der Waals surface area contributed by atoms with Crippen LogP contribution in [-0.4, -0.2) is 35.4 Å². The fourth-order valence-electron chi connectivity index (χ4n) is 3.17. The van der Waals surface area contributed by atoms with Crippen LogP contribution in [0.1, 0.15) is 12.8 Å². The summed E-state index contributed by atoms with van der Waals surface area (Å²) in [5, 5.41) is 14.9. The van der Waals surface area contributed by atoms with E-state index in [1.54, 1.807) is 25.4 Å². The summed E-state index contributed by atoms with van der Waals surface area (Å²) < 4.78 is 5.17. The Bertz CT molecular complexity index is 944. The first-order chi connectivity index (χ1) is 13.7. The fraction of sp³-hybridized carbons (Fsp3) is 0.250. The topological polar surface area (TPSA) is 75.2 Å². The number of benzene rings is 2. The van der Waals surface area contributed by atoms with Crippen LogP contribution in [0.15, 0.2) is 48.7 Å². The number of rotatable bonds is 6. The number of hydrogen-bond acceptors (Lipinski definition) is 7. The van der Waals surface area contributed by atoms with E-state index in [9.17, 15) is 0 Å². The zero-order valence-electron chi connectivity index (χ0n) is 15.5. The molecule has 1 saturated heterocycles. The van der Waals surface area contributed by atoms with Gasteiger partial charge in [-0.1, -0.05) is 11.6 Å². The van der Waals surface area contributed by atoms with Gasteiger partial charge in [-0.25, -0.2) is 0 Å². The van der Waals surface area contributed by atoms with Crippen molar-refractivity contribution in [2.45, 2.75) is 12.8 Å². The lowest BCUT2D eigenvalue weighted by atomic mass is 10.2. The number of hydrogen-bond donors (Lipinski definition) is 2. The SMILES string of the molecule is COc1ccc(Nc2cnnc(Nc3ccc(N4CCCC4)cc3)n2)cc1Cl. The molecule has 1 fully saturated rings. The van der Waals surface area contributed by atoms with Gasteiger partial charge < -0.3 is 20.3 Å². The fourth-order valence-corrected chi connectivity index (χ4v) is 3.43. The summed E-state index contributed by atoms with van der Waals surface area (Å²) in [7, 11) is 1.58. The van der Waals surface area contributed by atoms with E-state index in [0.29, 0.717) is 22.5 Å². The molecule has 0 unspecified atom stereocenters. The summed E-state index contributed by atoms with van der Waals surface area (Å²) in [4.78, 5) is 6.85. The second-order valence-corrected chi connectivity index (χ2v) is 6.91. The standard InChI is InChI=1S/C20H21ClN6O/c1-28-18-9-6-15(12-17(18)21)23-19-13-22-26-20(25-19)24-14-4-7-16(8-5-14)27-10-2-3-11-27/h4-9,12-13H,2-3,10-11H2,1H3,(H2,23,24,25,26). The molecule has 4 rings (SSSR count). The van der Waals surface area contributed by atoms with Crippen molar-refractivity contribution >= 4 is 40.4 Å². The predicted octanol–water partition coefficient (Wildman–Crippen LogP) is 4.62. The molecule has 0 radical (unpaired) electrons. The predicted molar refractivity (Wildman–Crippen MR) is 112 cm³/mol. The number of nitrogens with zero attached hydrogens (tertiary/aromatic N) is 4. The molecule has 0 amide bonds. The van der Waals surface area contributed by atoms with E-state index >= 15 is 0 Å². The molecule has 28 heavy (non-hydrogen) atoms. The third-order valence-electron chi connectivity index (χ3n) is 4.58. The van der Waals surface area contributed by atoms with Gasteiger partial charge in [-0.3, -0.25) is 0 Å². The third kappa shape index (κ3) is 4.26. The van der Waals surface area contributed by atoms with E-state index in [0.717, 1.165) is 24.5 Å². The largest absolute Gasteiger partial charge is 0.495 e. The molecule has 1 aliphatic rings. The molecular weight excluding hydrogens is 376 g/mol. The van der Waals surface area contributed by atoms with E-state index in [2.05, 4.69) is 42.8 Å². The van der Waals surface area contributed by atoms with Gasteiger partial charge >= 0.3 is 0 Å². The molecule has 2 N–H and O–H groups in total. The molecule has 2 heterocycles. The van der Waals surface area contributed by atoms with Crippen LogP contribution in [0.3, 0.4) is 0 Å². The lowest BCUT2D eigenvalue weighted by Crippen LogP contribution is -2.17. The van der Waals surface area contributed by atoms with Crippen molar-refractivity contribution in [2.75, 3.05) is 35.7 Å². The maximum absolute atomic E-state index is 6.16. The number of nitrogens with one attached hydrogen (secondary N) is 2.